The third kappa shape index (κ3) is 3.32. The lowest BCUT2D eigenvalue weighted by atomic mass is 9.83. The molecule has 1 N–H and O–H groups in total. The Morgan fingerprint density at radius 1 is 0.704 bits per heavy atom. The highest BCUT2D eigenvalue weighted by atomic mass is 16.5. The number of carbonyl (C=O) groups excluding carboxylic acids is 1. The van der Waals surface area contributed by atoms with Crippen LogP contribution in [0.3, 0.4) is 0 Å². The van der Waals surface area contributed by atoms with Gasteiger partial charge in [0, 0.05) is 35.7 Å². The molecule has 27 heavy (non-hydrogen) atoms. The standard InChI is InChI=1S/C20H23NO6/c1-23-15-10-19(27-5)17(25-3)7-13(15)11-8-20(22)21-14-9-18(26-4)16(24-2)6-12(11)14/h6-7,9-11H,8H2,1-5H3,(H,21,22). The molecule has 1 aliphatic rings. The number of nitrogens with one attached hydrogen (secondary N) is 1. The van der Waals surface area contributed by atoms with E-state index in [0.29, 0.717) is 34.4 Å². The van der Waals surface area contributed by atoms with Crippen LogP contribution >= 0.6 is 0 Å². The van der Waals surface area contributed by atoms with E-state index >= 15 is 0 Å². The zero-order chi connectivity index (χ0) is 19.6. The van der Waals surface area contributed by atoms with E-state index in [9.17, 15) is 4.79 Å². The molecule has 0 fully saturated rings. The summed E-state index contributed by atoms with van der Waals surface area (Å²) in [6.07, 6.45) is 0.272. The Morgan fingerprint density at radius 2 is 1.19 bits per heavy atom. The first-order chi connectivity index (χ1) is 13.1. The molecule has 7 heteroatoms. The highest BCUT2D eigenvalue weighted by molar-refractivity contribution is 5.96. The van der Waals surface area contributed by atoms with Crippen molar-refractivity contribution in [2.24, 2.45) is 0 Å². The van der Waals surface area contributed by atoms with Crippen LogP contribution in [0.4, 0.5) is 5.69 Å². The molecule has 1 amide bonds. The fourth-order valence-electron chi connectivity index (χ4n) is 3.39. The van der Waals surface area contributed by atoms with Crippen molar-refractivity contribution >= 4 is 11.6 Å². The number of ether oxygens (including phenoxy) is 5. The molecule has 144 valence electrons. The summed E-state index contributed by atoms with van der Waals surface area (Å²) in [6.45, 7) is 0. The van der Waals surface area contributed by atoms with E-state index in [-0.39, 0.29) is 18.2 Å². The Kier molecular flexibility index (Phi) is 5.30. The molecular weight excluding hydrogens is 350 g/mol. The number of amides is 1. The number of rotatable bonds is 6. The van der Waals surface area contributed by atoms with Crippen LogP contribution in [0.5, 0.6) is 28.7 Å². The molecule has 1 atom stereocenters. The van der Waals surface area contributed by atoms with Crippen molar-refractivity contribution in [1.29, 1.82) is 0 Å². The second-order valence-corrected chi connectivity index (χ2v) is 6.05. The Hall–Kier alpha value is -3.09. The van der Waals surface area contributed by atoms with Crippen LogP contribution < -0.4 is 29.0 Å². The van der Waals surface area contributed by atoms with E-state index < -0.39 is 0 Å². The lowest BCUT2D eigenvalue weighted by Crippen LogP contribution is -2.24. The molecule has 0 aliphatic carbocycles. The van der Waals surface area contributed by atoms with Crippen LogP contribution in [-0.4, -0.2) is 41.5 Å². The first-order valence-corrected chi connectivity index (χ1v) is 8.41. The van der Waals surface area contributed by atoms with Crippen molar-refractivity contribution in [2.45, 2.75) is 12.3 Å². The van der Waals surface area contributed by atoms with Gasteiger partial charge in [0.1, 0.15) is 5.75 Å². The summed E-state index contributed by atoms with van der Waals surface area (Å²) in [4.78, 5) is 12.4. The Balaban J connectivity index is 2.20. The summed E-state index contributed by atoms with van der Waals surface area (Å²) in [6, 6.07) is 7.27. The van der Waals surface area contributed by atoms with Gasteiger partial charge < -0.3 is 29.0 Å². The molecule has 2 aromatic carbocycles. The van der Waals surface area contributed by atoms with Crippen LogP contribution in [0.25, 0.3) is 0 Å². The molecule has 3 rings (SSSR count). The number of hydrogen-bond acceptors (Lipinski definition) is 6. The number of methoxy groups -OCH3 is 5. The fraction of sp³-hybridized carbons (Fsp3) is 0.350. The second kappa shape index (κ2) is 7.65. The maximum Gasteiger partial charge on any atom is 0.225 e. The average molecular weight is 373 g/mol. The maximum absolute atomic E-state index is 12.4. The van der Waals surface area contributed by atoms with Gasteiger partial charge in [-0.1, -0.05) is 0 Å². The highest BCUT2D eigenvalue weighted by Crippen LogP contribution is 2.47. The predicted molar refractivity (Wildman–Crippen MR) is 101 cm³/mol. The van der Waals surface area contributed by atoms with E-state index in [0.717, 1.165) is 11.1 Å². The molecule has 0 spiro atoms. The van der Waals surface area contributed by atoms with Gasteiger partial charge in [0.05, 0.1) is 35.5 Å². The molecule has 0 aromatic heterocycles. The van der Waals surface area contributed by atoms with Gasteiger partial charge in [-0.25, -0.2) is 0 Å². The molecule has 1 heterocycles. The zero-order valence-corrected chi connectivity index (χ0v) is 16.0. The minimum Gasteiger partial charge on any atom is -0.496 e. The molecule has 2 aromatic rings. The molecule has 7 nitrogen and oxygen atoms in total. The van der Waals surface area contributed by atoms with Crippen molar-refractivity contribution in [2.75, 3.05) is 40.9 Å². The number of fused-ring (bicyclic) bond motifs is 1. The van der Waals surface area contributed by atoms with E-state index in [1.54, 1.807) is 47.7 Å². The van der Waals surface area contributed by atoms with Crippen molar-refractivity contribution in [3.05, 3.63) is 35.4 Å². The lowest BCUT2D eigenvalue weighted by molar-refractivity contribution is -0.116. The van der Waals surface area contributed by atoms with Gasteiger partial charge in [-0.2, -0.15) is 0 Å². The Labute approximate surface area is 158 Å². The molecule has 0 saturated carbocycles. The summed E-state index contributed by atoms with van der Waals surface area (Å²) in [5, 5.41) is 2.90. The van der Waals surface area contributed by atoms with Crippen molar-refractivity contribution in [3.8, 4) is 28.7 Å². The van der Waals surface area contributed by atoms with Crippen LogP contribution in [0, 0.1) is 0 Å². The van der Waals surface area contributed by atoms with Gasteiger partial charge in [-0.05, 0) is 17.7 Å². The van der Waals surface area contributed by atoms with Crippen molar-refractivity contribution in [1.82, 2.24) is 0 Å². The summed E-state index contributed by atoms with van der Waals surface area (Å²) >= 11 is 0. The number of hydrogen-bond donors (Lipinski definition) is 1. The van der Waals surface area contributed by atoms with Gasteiger partial charge in [0.15, 0.2) is 23.0 Å². The minimum atomic E-state index is -0.233. The maximum atomic E-state index is 12.4. The largest absolute Gasteiger partial charge is 0.496 e. The summed E-state index contributed by atoms with van der Waals surface area (Å²) < 4.78 is 27.2. The van der Waals surface area contributed by atoms with E-state index in [2.05, 4.69) is 5.32 Å². The van der Waals surface area contributed by atoms with Gasteiger partial charge in [0.2, 0.25) is 5.91 Å². The van der Waals surface area contributed by atoms with Crippen molar-refractivity contribution < 1.29 is 28.5 Å². The normalized spacial score (nSPS) is 15.4. The third-order valence-electron chi connectivity index (χ3n) is 4.71. The number of anilines is 1. The smallest absolute Gasteiger partial charge is 0.225 e. The number of benzene rings is 2. The molecule has 0 bridgehead atoms. The Bertz CT molecular complexity index is 864. The fourth-order valence-corrected chi connectivity index (χ4v) is 3.39. The number of carbonyl (C=O) groups is 1. The highest BCUT2D eigenvalue weighted by Gasteiger charge is 2.31. The molecule has 0 saturated heterocycles. The van der Waals surface area contributed by atoms with Crippen LogP contribution in [0.15, 0.2) is 24.3 Å². The molecular formula is C20H23NO6. The van der Waals surface area contributed by atoms with Crippen LogP contribution in [-0.2, 0) is 4.79 Å². The zero-order valence-electron chi connectivity index (χ0n) is 16.0. The second-order valence-electron chi connectivity index (χ2n) is 6.05. The average Bonchev–Trinajstić information content (AvgIpc) is 2.70. The quantitative estimate of drug-likeness (QED) is 0.838. The molecule has 1 aliphatic heterocycles. The predicted octanol–water partition coefficient (Wildman–Crippen LogP) is 3.20. The van der Waals surface area contributed by atoms with Gasteiger partial charge in [-0.3, -0.25) is 4.79 Å². The first kappa shape index (κ1) is 18.7. The van der Waals surface area contributed by atoms with Crippen LogP contribution in [0.2, 0.25) is 0 Å². The topological polar surface area (TPSA) is 75.2 Å². The first-order valence-electron chi connectivity index (χ1n) is 8.41. The molecule has 0 radical (unpaired) electrons. The van der Waals surface area contributed by atoms with Crippen molar-refractivity contribution in [3.63, 3.8) is 0 Å². The van der Waals surface area contributed by atoms with Gasteiger partial charge in [0.25, 0.3) is 0 Å². The van der Waals surface area contributed by atoms with E-state index in [4.69, 9.17) is 23.7 Å². The monoisotopic (exact) mass is 373 g/mol. The van der Waals surface area contributed by atoms with E-state index in [1.165, 1.54) is 0 Å². The van der Waals surface area contributed by atoms with Gasteiger partial charge >= 0.3 is 0 Å². The molecule has 1 unspecified atom stereocenters. The third-order valence-corrected chi connectivity index (χ3v) is 4.71. The van der Waals surface area contributed by atoms with Gasteiger partial charge in [-0.15, -0.1) is 0 Å². The summed E-state index contributed by atoms with van der Waals surface area (Å²) in [5.41, 5.74) is 2.43. The SMILES string of the molecule is COc1cc2c(cc1OC)C(c1cc(OC)c(OC)cc1OC)CC(=O)N2. The Morgan fingerprint density at radius 3 is 1.74 bits per heavy atom. The summed E-state index contributed by atoms with van der Waals surface area (Å²) in [7, 11) is 7.87. The lowest BCUT2D eigenvalue weighted by Gasteiger charge is -2.28. The van der Waals surface area contributed by atoms with E-state index in [1.807, 2.05) is 12.1 Å². The summed E-state index contributed by atoms with van der Waals surface area (Å²) in [5.74, 6) is 2.58. The minimum absolute atomic E-state index is 0.0865. The van der Waals surface area contributed by atoms with Crippen LogP contribution in [0.1, 0.15) is 23.5 Å².